The average Bonchev–Trinajstić information content (AvgIpc) is 2.73. The van der Waals surface area contributed by atoms with Crippen LogP contribution in [0.5, 0.6) is 5.75 Å². The number of terminal acetylenes is 1. The minimum Gasteiger partial charge on any atom is -0.506 e. The van der Waals surface area contributed by atoms with E-state index < -0.39 is 11.7 Å². The second-order valence-electron chi connectivity index (χ2n) is 7.27. The molecule has 0 fully saturated rings. The zero-order chi connectivity index (χ0) is 23.0. The van der Waals surface area contributed by atoms with Crippen LogP contribution in [0.25, 0.3) is 11.0 Å². The van der Waals surface area contributed by atoms with Gasteiger partial charge in [0.2, 0.25) is 0 Å². The minimum atomic E-state index is -0.647. The predicted octanol–water partition coefficient (Wildman–Crippen LogP) is 3.42. The number of amides is 1. The number of halogens is 1. The Labute approximate surface area is 190 Å². The molecule has 2 aromatic rings. The first-order chi connectivity index (χ1) is 14.8. The van der Waals surface area contributed by atoms with E-state index in [1.807, 2.05) is 0 Å². The number of fused-ring (bicyclic) bond motifs is 1. The van der Waals surface area contributed by atoms with Gasteiger partial charge >= 0.3 is 11.7 Å². The number of anilines is 1. The van der Waals surface area contributed by atoms with Crippen molar-refractivity contribution in [1.29, 1.82) is 0 Å². The van der Waals surface area contributed by atoms with Crippen molar-refractivity contribution in [1.82, 2.24) is 4.90 Å². The standard InChI is InChI=1S/C22H28BrN3O5/c1-4-10-25(2)14-16-20(28)17(23)12-15-18(13-19(27)31-21(15)16)26(3)22(29)30-11-8-6-5-7-9-24/h1,12-13,28H,5-11,14,24H2,2-3H3. The van der Waals surface area contributed by atoms with Gasteiger partial charge in [-0.1, -0.05) is 18.8 Å². The molecule has 0 saturated carbocycles. The van der Waals surface area contributed by atoms with Crippen LogP contribution in [0.3, 0.4) is 0 Å². The maximum atomic E-state index is 12.5. The van der Waals surface area contributed by atoms with Gasteiger partial charge in [-0.15, -0.1) is 6.42 Å². The summed E-state index contributed by atoms with van der Waals surface area (Å²) in [6.07, 6.45) is 8.37. The molecule has 0 atom stereocenters. The van der Waals surface area contributed by atoms with Gasteiger partial charge in [-0.05, 0) is 48.4 Å². The van der Waals surface area contributed by atoms with E-state index in [0.717, 1.165) is 25.7 Å². The zero-order valence-corrected chi connectivity index (χ0v) is 19.4. The fourth-order valence-electron chi connectivity index (χ4n) is 3.16. The van der Waals surface area contributed by atoms with E-state index in [-0.39, 0.29) is 24.5 Å². The molecule has 0 radical (unpaired) electrons. The van der Waals surface area contributed by atoms with Gasteiger partial charge in [0.15, 0.2) is 0 Å². The van der Waals surface area contributed by atoms with Crippen LogP contribution in [-0.4, -0.2) is 49.9 Å². The van der Waals surface area contributed by atoms with Crippen molar-refractivity contribution in [2.24, 2.45) is 5.73 Å². The first-order valence-corrected chi connectivity index (χ1v) is 10.8. The number of phenols is 1. The maximum absolute atomic E-state index is 12.5. The molecule has 2 rings (SSSR count). The van der Waals surface area contributed by atoms with Gasteiger partial charge in [0, 0.05) is 25.0 Å². The second kappa shape index (κ2) is 11.7. The molecule has 0 bridgehead atoms. The van der Waals surface area contributed by atoms with Gasteiger partial charge in [0.1, 0.15) is 11.3 Å². The fraction of sp³-hybridized carbons (Fsp3) is 0.455. The molecule has 9 heteroatoms. The molecule has 1 amide bonds. The molecule has 0 saturated heterocycles. The monoisotopic (exact) mass is 493 g/mol. The first-order valence-electron chi connectivity index (χ1n) is 10.0. The third-order valence-corrected chi connectivity index (χ3v) is 5.39. The molecular weight excluding hydrogens is 466 g/mol. The molecule has 1 aromatic carbocycles. The number of phenolic OH excluding ortho intramolecular Hbond substituents is 1. The topological polar surface area (TPSA) is 109 Å². The minimum absolute atomic E-state index is 0.0561. The summed E-state index contributed by atoms with van der Waals surface area (Å²) in [4.78, 5) is 27.9. The van der Waals surface area contributed by atoms with Gasteiger partial charge in [-0.25, -0.2) is 9.59 Å². The molecule has 0 aliphatic heterocycles. The molecule has 1 heterocycles. The van der Waals surface area contributed by atoms with Gasteiger partial charge in [0.25, 0.3) is 0 Å². The largest absolute Gasteiger partial charge is 0.506 e. The van der Waals surface area contributed by atoms with Gasteiger partial charge in [-0.3, -0.25) is 9.80 Å². The maximum Gasteiger partial charge on any atom is 0.414 e. The summed E-state index contributed by atoms with van der Waals surface area (Å²) in [5.74, 6) is 2.47. The number of nitrogens with two attached hydrogens (primary N) is 1. The fourth-order valence-corrected chi connectivity index (χ4v) is 3.63. The number of benzene rings is 1. The van der Waals surface area contributed by atoms with E-state index in [1.165, 1.54) is 18.0 Å². The lowest BCUT2D eigenvalue weighted by atomic mass is 10.1. The summed E-state index contributed by atoms with van der Waals surface area (Å²) in [5.41, 5.74) is 5.72. The second-order valence-corrected chi connectivity index (χ2v) is 8.12. The van der Waals surface area contributed by atoms with Gasteiger partial charge in [0.05, 0.1) is 28.9 Å². The number of unbranched alkanes of at least 4 members (excludes halogenated alkanes) is 3. The third-order valence-electron chi connectivity index (χ3n) is 4.78. The van der Waals surface area contributed by atoms with Crippen molar-refractivity contribution in [3.05, 3.63) is 32.6 Å². The molecule has 0 aliphatic rings. The van der Waals surface area contributed by atoms with E-state index in [2.05, 4.69) is 21.9 Å². The summed E-state index contributed by atoms with van der Waals surface area (Å²) < 4.78 is 11.2. The van der Waals surface area contributed by atoms with Crippen LogP contribution in [0.15, 0.2) is 25.8 Å². The quantitative estimate of drug-likeness (QED) is 0.296. The highest BCUT2D eigenvalue weighted by molar-refractivity contribution is 9.10. The third kappa shape index (κ3) is 6.47. The van der Waals surface area contributed by atoms with Crippen LogP contribution in [0.2, 0.25) is 0 Å². The summed E-state index contributed by atoms with van der Waals surface area (Å²) in [6.45, 7) is 1.52. The Bertz CT molecular complexity index is 1010. The molecule has 0 spiro atoms. The van der Waals surface area contributed by atoms with Gasteiger partial charge in [-0.2, -0.15) is 0 Å². The van der Waals surface area contributed by atoms with Crippen LogP contribution in [0.1, 0.15) is 31.2 Å². The summed E-state index contributed by atoms with van der Waals surface area (Å²) >= 11 is 3.33. The van der Waals surface area contributed by atoms with Crippen LogP contribution in [-0.2, 0) is 11.3 Å². The number of rotatable bonds is 10. The van der Waals surface area contributed by atoms with Gasteiger partial charge < -0.3 is 20.0 Å². The number of hydrogen-bond acceptors (Lipinski definition) is 7. The number of ether oxygens (including phenoxy) is 1. The number of aromatic hydroxyl groups is 1. The smallest absolute Gasteiger partial charge is 0.414 e. The van der Waals surface area contributed by atoms with Crippen molar-refractivity contribution in [3.8, 4) is 18.1 Å². The zero-order valence-electron chi connectivity index (χ0n) is 17.8. The van der Waals surface area contributed by atoms with E-state index in [9.17, 15) is 14.7 Å². The van der Waals surface area contributed by atoms with Crippen LogP contribution in [0.4, 0.5) is 10.5 Å². The number of hydrogen-bond donors (Lipinski definition) is 2. The summed E-state index contributed by atoms with van der Waals surface area (Å²) in [5, 5.41) is 11.0. The average molecular weight is 494 g/mol. The summed E-state index contributed by atoms with van der Waals surface area (Å²) in [7, 11) is 3.31. The Balaban J connectivity index is 2.33. The Morgan fingerprint density at radius 1 is 1.29 bits per heavy atom. The Kier molecular flexibility index (Phi) is 9.37. The van der Waals surface area contributed by atoms with Crippen LogP contribution in [0, 0.1) is 12.3 Å². The lowest BCUT2D eigenvalue weighted by Gasteiger charge is -2.21. The van der Waals surface area contributed by atoms with E-state index in [4.69, 9.17) is 21.3 Å². The molecular formula is C22H28BrN3O5. The molecule has 3 N–H and O–H groups in total. The normalized spacial score (nSPS) is 11.0. The highest BCUT2D eigenvalue weighted by Gasteiger charge is 2.22. The van der Waals surface area contributed by atoms with E-state index in [0.29, 0.717) is 34.2 Å². The SMILES string of the molecule is C#CCN(C)Cc1c(O)c(Br)cc2c(N(C)C(=O)OCCCCCCN)cc(=O)oc12. The van der Waals surface area contributed by atoms with E-state index >= 15 is 0 Å². The van der Waals surface area contributed by atoms with Crippen molar-refractivity contribution in [2.45, 2.75) is 32.2 Å². The molecule has 168 valence electrons. The molecule has 0 unspecified atom stereocenters. The summed E-state index contributed by atoms with van der Waals surface area (Å²) in [6, 6.07) is 2.83. The van der Waals surface area contributed by atoms with Crippen LogP contribution >= 0.6 is 15.9 Å². The first kappa shape index (κ1) is 24.7. The molecule has 31 heavy (non-hydrogen) atoms. The van der Waals surface area contributed by atoms with Crippen molar-refractivity contribution in [2.75, 3.05) is 38.7 Å². The Hall–Kier alpha value is -2.54. The van der Waals surface area contributed by atoms with Crippen molar-refractivity contribution < 1.29 is 19.1 Å². The highest BCUT2D eigenvalue weighted by atomic mass is 79.9. The lowest BCUT2D eigenvalue weighted by molar-refractivity contribution is 0.152. The number of nitrogens with zero attached hydrogens (tertiary/aromatic N) is 2. The lowest BCUT2D eigenvalue weighted by Crippen LogP contribution is -2.28. The van der Waals surface area contributed by atoms with Crippen molar-refractivity contribution >= 4 is 38.7 Å². The number of carbonyl (C=O) groups excluding carboxylic acids is 1. The Morgan fingerprint density at radius 2 is 2.00 bits per heavy atom. The highest BCUT2D eigenvalue weighted by Crippen LogP contribution is 2.38. The van der Waals surface area contributed by atoms with E-state index in [1.54, 1.807) is 18.0 Å². The molecule has 8 nitrogen and oxygen atoms in total. The number of carbonyl (C=O) groups is 1. The predicted molar refractivity (Wildman–Crippen MR) is 124 cm³/mol. The Morgan fingerprint density at radius 3 is 2.68 bits per heavy atom. The molecule has 0 aliphatic carbocycles. The molecule has 1 aromatic heterocycles. The van der Waals surface area contributed by atoms with Crippen LogP contribution < -0.4 is 16.3 Å². The van der Waals surface area contributed by atoms with Crippen molar-refractivity contribution in [3.63, 3.8) is 0 Å².